The van der Waals surface area contributed by atoms with Crippen LogP contribution in [0.25, 0.3) is 0 Å². The van der Waals surface area contributed by atoms with Gasteiger partial charge in [-0.05, 0) is 60.7 Å². The minimum atomic E-state index is -4.82. The van der Waals surface area contributed by atoms with Crippen LogP contribution in [0.4, 0.5) is 43.9 Å². The number of benzene rings is 4. The molecule has 4 aromatic rings. The summed E-state index contributed by atoms with van der Waals surface area (Å²) in [5, 5.41) is 0. The topological polar surface area (TPSA) is 36.9 Å². The Labute approximate surface area is 237 Å². The highest BCUT2D eigenvalue weighted by Crippen LogP contribution is 2.39. The zero-order chi connectivity index (χ0) is 31.4. The van der Waals surface area contributed by atoms with Crippen LogP contribution < -0.4 is 18.8 Å². The Morgan fingerprint density at radius 1 is 0.488 bits per heavy atom. The van der Waals surface area contributed by atoms with E-state index in [1.165, 1.54) is 0 Å². The molecule has 0 bridgehead atoms. The minimum absolute atomic E-state index is 0.133. The lowest BCUT2D eigenvalue weighted by atomic mass is 10.1. The van der Waals surface area contributed by atoms with Gasteiger partial charge in [-0.25, -0.2) is 17.6 Å². The number of ether oxygens (including phenoxy) is 2. The van der Waals surface area contributed by atoms with Crippen molar-refractivity contribution in [3.8, 4) is 23.0 Å². The fourth-order valence-corrected chi connectivity index (χ4v) is 3.58. The van der Waals surface area contributed by atoms with Crippen molar-refractivity contribution in [2.45, 2.75) is 25.6 Å². The fourth-order valence-electron chi connectivity index (χ4n) is 3.58. The van der Waals surface area contributed by atoms with Crippen LogP contribution in [0, 0.1) is 23.3 Å². The highest BCUT2D eigenvalue weighted by molar-refractivity contribution is 6.21. The largest absolute Gasteiger partial charge is 0.576 e. The normalized spacial score (nSPS) is 11.7. The lowest BCUT2D eigenvalue weighted by Gasteiger charge is -2.18. The summed E-state index contributed by atoms with van der Waals surface area (Å²) in [4.78, 5) is 0. The van der Waals surface area contributed by atoms with E-state index in [4.69, 9.17) is 18.8 Å². The second-order valence-electron chi connectivity index (χ2n) is 8.77. The molecule has 0 aliphatic heterocycles. The molecule has 0 unspecified atom stereocenters. The van der Waals surface area contributed by atoms with Gasteiger partial charge in [-0.3, -0.25) is 0 Å². The van der Waals surface area contributed by atoms with Crippen LogP contribution in [-0.4, -0.2) is 7.69 Å². The molecule has 0 aliphatic carbocycles. The minimum Gasteiger partial charge on any atom is -0.526 e. The molecule has 4 nitrogen and oxygen atoms in total. The lowest BCUT2D eigenvalue weighted by Crippen LogP contribution is -2.15. The van der Waals surface area contributed by atoms with Gasteiger partial charge in [0.05, 0.1) is 11.1 Å². The summed E-state index contributed by atoms with van der Waals surface area (Å²) >= 11 is 0. The van der Waals surface area contributed by atoms with Gasteiger partial charge in [0.1, 0.15) is 48.0 Å². The summed E-state index contributed by atoms with van der Waals surface area (Å²) in [6.07, 6.45) is -9.64. The molecule has 15 heteroatoms. The van der Waals surface area contributed by atoms with E-state index < -0.39 is 79.1 Å². The number of hydrogen-bond donors (Lipinski definition) is 0. The van der Waals surface area contributed by atoms with Gasteiger partial charge in [0.25, 0.3) is 0 Å². The van der Waals surface area contributed by atoms with Crippen molar-refractivity contribution in [3.63, 3.8) is 0 Å². The molecule has 43 heavy (non-hydrogen) atoms. The molecule has 226 valence electrons. The number of rotatable bonds is 10. The first-order valence-electron chi connectivity index (χ1n) is 12.0. The van der Waals surface area contributed by atoms with Gasteiger partial charge in [0.15, 0.2) is 11.5 Å². The first kappa shape index (κ1) is 31.4. The fraction of sp³-hybridized carbons (Fsp3) is 0.143. The van der Waals surface area contributed by atoms with E-state index >= 15 is 0 Å². The molecular weight excluding hydrogens is 601 g/mol. The van der Waals surface area contributed by atoms with Crippen LogP contribution in [0.15, 0.2) is 72.8 Å². The third kappa shape index (κ3) is 8.26. The summed E-state index contributed by atoms with van der Waals surface area (Å²) in [6.45, 7) is -1.08. The van der Waals surface area contributed by atoms with E-state index in [0.717, 1.165) is 36.4 Å². The molecular formula is C28H17BF10O4. The Kier molecular flexibility index (Phi) is 9.31. The van der Waals surface area contributed by atoms with Crippen LogP contribution in [0.1, 0.15) is 22.3 Å². The quantitative estimate of drug-likeness (QED) is 0.133. The summed E-state index contributed by atoms with van der Waals surface area (Å²) in [5.41, 5.74) is -2.61. The Hall–Kier alpha value is -4.56. The van der Waals surface area contributed by atoms with Crippen molar-refractivity contribution in [1.29, 1.82) is 0 Å². The first-order chi connectivity index (χ1) is 20.2. The van der Waals surface area contributed by atoms with Crippen LogP contribution in [0.2, 0.25) is 0 Å². The van der Waals surface area contributed by atoms with E-state index in [1.54, 1.807) is 0 Å². The van der Waals surface area contributed by atoms with Gasteiger partial charge < -0.3 is 18.8 Å². The van der Waals surface area contributed by atoms with E-state index in [1.807, 2.05) is 0 Å². The molecule has 0 heterocycles. The molecule has 0 spiro atoms. The highest BCUT2D eigenvalue weighted by Gasteiger charge is 2.33. The van der Waals surface area contributed by atoms with Crippen molar-refractivity contribution in [2.75, 3.05) is 0 Å². The summed E-state index contributed by atoms with van der Waals surface area (Å²) < 4.78 is 156. The number of halogens is 10. The predicted molar refractivity (Wildman–Crippen MR) is 133 cm³/mol. The van der Waals surface area contributed by atoms with E-state index in [0.29, 0.717) is 36.4 Å². The molecule has 0 atom stereocenters. The van der Waals surface area contributed by atoms with Gasteiger partial charge in [-0.15, -0.1) is 0 Å². The maximum Gasteiger partial charge on any atom is 0.576 e. The van der Waals surface area contributed by atoms with Gasteiger partial charge >= 0.3 is 20.0 Å². The van der Waals surface area contributed by atoms with E-state index in [2.05, 4.69) is 0 Å². The Morgan fingerprint density at radius 3 is 1.23 bits per heavy atom. The molecule has 0 aromatic heterocycles. The molecule has 0 aliphatic rings. The average molecular weight is 618 g/mol. The van der Waals surface area contributed by atoms with Crippen molar-refractivity contribution in [2.24, 2.45) is 0 Å². The zero-order valence-electron chi connectivity index (χ0n) is 21.5. The van der Waals surface area contributed by atoms with Crippen LogP contribution in [-0.2, 0) is 25.6 Å². The standard InChI is InChI=1S/C28H17BF10O4/c30-19-5-1-15(21(32)11-19)13-40-23-7-3-17(27(34,35)36)9-25(23)42-29-43-26-10-18(28(37,38)39)4-8-24(26)41-14-16-2-6-20(31)12-22(16)33/h1-12,29H,13-14H2. The van der Waals surface area contributed by atoms with Crippen molar-refractivity contribution in [1.82, 2.24) is 0 Å². The van der Waals surface area contributed by atoms with Crippen LogP contribution in [0.3, 0.4) is 0 Å². The second kappa shape index (κ2) is 12.8. The molecule has 0 fully saturated rings. The number of alkyl halides is 6. The Balaban J connectivity index is 1.55. The zero-order valence-corrected chi connectivity index (χ0v) is 21.5. The molecule has 0 N–H and O–H groups in total. The molecule has 0 saturated carbocycles. The van der Waals surface area contributed by atoms with Gasteiger partial charge in [0.2, 0.25) is 0 Å². The van der Waals surface area contributed by atoms with Crippen LogP contribution in [0.5, 0.6) is 23.0 Å². The van der Waals surface area contributed by atoms with E-state index in [-0.39, 0.29) is 22.6 Å². The number of hydrogen-bond acceptors (Lipinski definition) is 4. The first-order valence-corrected chi connectivity index (χ1v) is 12.0. The SMILES string of the molecule is Fc1ccc(COc2ccc(C(F)(F)F)cc2OBOc2cc(C(F)(F)F)ccc2OCc2ccc(F)cc2F)c(F)c1. The third-order valence-electron chi connectivity index (χ3n) is 5.77. The molecule has 0 saturated heterocycles. The van der Waals surface area contributed by atoms with Crippen LogP contribution >= 0.6 is 0 Å². The molecule has 4 aromatic carbocycles. The van der Waals surface area contributed by atoms with Gasteiger partial charge in [-0.1, -0.05) is 0 Å². The Bertz CT molecular complexity index is 1470. The maximum absolute atomic E-state index is 14.0. The van der Waals surface area contributed by atoms with Crippen molar-refractivity contribution >= 4 is 7.69 Å². The Morgan fingerprint density at radius 2 is 0.884 bits per heavy atom. The lowest BCUT2D eigenvalue weighted by molar-refractivity contribution is -0.138. The average Bonchev–Trinajstić information content (AvgIpc) is 2.92. The summed E-state index contributed by atoms with van der Waals surface area (Å²) in [7, 11) is -0.967. The monoisotopic (exact) mass is 618 g/mol. The molecule has 0 radical (unpaired) electrons. The highest BCUT2D eigenvalue weighted by atomic mass is 19.4. The second-order valence-corrected chi connectivity index (χ2v) is 8.77. The van der Waals surface area contributed by atoms with Gasteiger partial charge in [0, 0.05) is 23.3 Å². The van der Waals surface area contributed by atoms with Crippen molar-refractivity contribution in [3.05, 3.63) is 118 Å². The molecule has 4 rings (SSSR count). The third-order valence-corrected chi connectivity index (χ3v) is 5.77. The van der Waals surface area contributed by atoms with Gasteiger partial charge in [-0.2, -0.15) is 26.3 Å². The van der Waals surface area contributed by atoms with E-state index in [9.17, 15) is 43.9 Å². The predicted octanol–water partition coefficient (Wildman–Crippen LogP) is 8.16. The molecule has 0 amide bonds. The smallest absolute Gasteiger partial charge is 0.526 e. The maximum atomic E-state index is 14.0. The summed E-state index contributed by atoms with van der Waals surface area (Å²) in [6, 6.07) is 9.27. The van der Waals surface area contributed by atoms with Crippen molar-refractivity contribution < 1.29 is 62.7 Å². The summed E-state index contributed by atoms with van der Waals surface area (Å²) in [5.74, 6) is -5.47.